The summed E-state index contributed by atoms with van der Waals surface area (Å²) in [6.07, 6.45) is 0. The Kier molecular flexibility index (Phi) is 15.2. The second kappa shape index (κ2) is 27.1. The highest BCUT2D eigenvalue weighted by Crippen LogP contribution is 2.64. The Balaban J connectivity index is 0.593. The van der Waals surface area contributed by atoms with Crippen molar-refractivity contribution in [2.24, 2.45) is 0 Å². The van der Waals surface area contributed by atoms with Crippen molar-refractivity contribution < 1.29 is 8.83 Å². The molecule has 0 bridgehead atoms. The van der Waals surface area contributed by atoms with Crippen molar-refractivity contribution in [2.75, 3.05) is 0 Å². The van der Waals surface area contributed by atoms with Gasteiger partial charge in [-0.05, 0) is 217 Å². The second-order valence-electron chi connectivity index (χ2n) is 33.2. The summed E-state index contributed by atoms with van der Waals surface area (Å²) >= 11 is 0. The van der Waals surface area contributed by atoms with Gasteiger partial charge in [-0.3, -0.25) is 0 Å². The molecule has 6 heteroatoms. The molecule has 4 aliphatic rings. The van der Waals surface area contributed by atoms with Gasteiger partial charge in [-0.25, -0.2) is 19.9 Å². The first kappa shape index (κ1) is 69.6. The Labute approximate surface area is 715 Å². The molecule has 574 valence electrons. The third-order valence-corrected chi connectivity index (χ3v) is 26.8. The van der Waals surface area contributed by atoms with Crippen molar-refractivity contribution in [3.63, 3.8) is 0 Å². The zero-order valence-corrected chi connectivity index (χ0v) is 67.0. The quantitative estimate of drug-likeness (QED) is 0.143. The summed E-state index contributed by atoms with van der Waals surface area (Å²) in [6, 6.07) is 155. The van der Waals surface area contributed by atoms with Crippen LogP contribution in [-0.4, -0.2) is 19.9 Å². The smallest absolute Gasteiger partial charge is 0.164 e. The molecule has 2 spiro atoms. The summed E-state index contributed by atoms with van der Waals surface area (Å²) in [6.45, 7) is 0. The molecule has 26 rings (SSSR count). The van der Waals surface area contributed by atoms with Crippen LogP contribution >= 0.6 is 0 Å². The molecule has 0 atom stereocenters. The van der Waals surface area contributed by atoms with E-state index in [2.05, 4.69) is 413 Å². The minimum Gasteiger partial charge on any atom is -0.456 e. The lowest BCUT2D eigenvalue weighted by Crippen LogP contribution is -2.29. The van der Waals surface area contributed by atoms with Crippen molar-refractivity contribution >= 4 is 43.9 Å². The van der Waals surface area contributed by atoms with Gasteiger partial charge < -0.3 is 8.83 Å². The van der Waals surface area contributed by atoms with E-state index in [1.807, 2.05) is 12.1 Å². The van der Waals surface area contributed by atoms with Gasteiger partial charge in [0.2, 0.25) is 0 Å². The van der Waals surface area contributed by atoms with Crippen LogP contribution in [0.1, 0.15) is 44.5 Å². The van der Waals surface area contributed by atoms with Crippen molar-refractivity contribution in [2.45, 2.75) is 10.8 Å². The Morgan fingerprint density at radius 1 is 0.153 bits per heavy atom. The first-order valence-corrected chi connectivity index (χ1v) is 42.5. The zero-order chi connectivity index (χ0) is 81.3. The molecular weight excluding hydrogens is 1510 g/mol. The third-order valence-electron chi connectivity index (χ3n) is 26.8. The van der Waals surface area contributed by atoms with Crippen LogP contribution in [0.5, 0.6) is 0 Å². The number of hydrogen-bond donors (Lipinski definition) is 0. The molecule has 4 heterocycles. The van der Waals surface area contributed by atoms with E-state index in [1.165, 1.54) is 100 Å². The Hall–Kier alpha value is -16.3. The predicted octanol–water partition coefficient (Wildman–Crippen LogP) is 30.1. The van der Waals surface area contributed by atoms with Gasteiger partial charge in [0, 0.05) is 49.4 Å². The topological polar surface area (TPSA) is 77.8 Å². The number of rotatable bonds is 9. The summed E-state index contributed by atoms with van der Waals surface area (Å²) in [5, 5.41) is 4.07. The molecule has 6 nitrogen and oxygen atoms in total. The highest BCUT2D eigenvalue weighted by atomic mass is 16.3. The van der Waals surface area contributed by atoms with E-state index in [0.717, 1.165) is 145 Å². The fourth-order valence-electron chi connectivity index (χ4n) is 21.5. The number of furan rings is 2. The molecule has 18 aromatic carbocycles. The Bertz CT molecular complexity index is 8200. The maximum absolute atomic E-state index is 7.11. The van der Waals surface area contributed by atoms with Gasteiger partial charge >= 0.3 is 0 Å². The average Bonchev–Trinajstić information content (AvgIpc) is 1.53. The van der Waals surface area contributed by atoms with Crippen LogP contribution in [0.25, 0.3) is 212 Å². The molecule has 0 amide bonds. The van der Waals surface area contributed by atoms with E-state index in [4.69, 9.17) is 28.8 Å². The lowest BCUT2D eigenvalue weighted by Gasteiger charge is -2.35. The normalized spacial score (nSPS) is 13.1. The van der Waals surface area contributed by atoms with Crippen molar-refractivity contribution in [3.05, 3.63) is 469 Å². The lowest BCUT2D eigenvalue weighted by atomic mass is 9.66. The highest BCUT2D eigenvalue weighted by molar-refractivity contribution is 6.11. The monoisotopic (exact) mass is 1570 g/mol. The standard InChI is InChI=1S/C118H70N4O2/c1-2-27-71(28-3-1)72-29-24-31-75(63-72)107-69-109(77-57-61-105-97(65-77)84-37-8-6-35-82(84)86-39-10-17-48-99(86)117(105)101-50-19-12-41-88(101)89-42-13-20-51-102(89)117)120-115(119-107)79-56-60-94-93-59-55-74(67-112(93)123-113(94)68-79)81-34-5-4-33-80(81)73-30-25-32-76(64-73)108-70-110(122-116(121-108)96-47-26-46-95-92-45-16-23-54-111(92)124-114(95)96)78-58-62-106-98(66-78)85-38-9-7-36-83(85)87-40-11-18-49-100(87)118(106)103-52-21-14-43-90(103)91-44-15-22-53-104(91)118/h1-70H. The number of hydrogen-bond acceptors (Lipinski definition) is 6. The van der Waals surface area contributed by atoms with Crippen molar-refractivity contribution in [3.8, 4) is 168 Å². The number of benzene rings is 18. The fourth-order valence-corrected chi connectivity index (χ4v) is 21.5. The van der Waals surface area contributed by atoms with E-state index in [-0.39, 0.29) is 0 Å². The predicted molar refractivity (Wildman–Crippen MR) is 505 cm³/mol. The number of para-hydroxylation sites is 2. The molecular formula is C118H70N4O2. The van der Waals surface area contributed by atoms with E-state index in [0.29, 0.717) is 11.6 Å². The van der Waals surface area contributed by atoms with Crippen molar-refractivity contribution in [1.29, 1.82) is 0 Å². The van der Waals surface area contributed by atoms with Gasteiger partial charge in [0.1, 0.15) is 22.3 Å². The largest absolute Gasteiger partial charge is 0.456 e. The van der Waals surface area contributed by atoms with Gasteiger partial charge in [-0.2, -0.15) is 0 Å². The molecule has 4 aromatic heterocycles. The second-order valence-corrected chi connectivity index (χ2v) is 33.2. The van der Waals surface area contributed by atoms with E-state index in [1.54, 1.807) is 0 Å². The zero-order valence-electron chi connectivity index (χ0n) is 67.0. The van der Waals surface area contributed by atoms with E-state index >= 15 is 0 Å². The van der Waals surface area contributed by atoms with Crippen molar-refractivity contribution in [1.82, 2.24) is 19.9 Å². The highest BCUT2D eigenvalue weighted by Gasteiger charge is 2.52. The van der Waals surface area contributed by atoms with Gasteiger partial charge in [0.15, 0.2) is 11.6 Å². The van der Waals surface area contributed by atoms with E-state index in [9.17, 15) is 0 Å². The molecule has 4 aliphatic carbocycles. The van der Waals surface area contributed by atoms with Crippen LogP contribution in [0.3, 0.4) is 0 Å². The first-order valence-electron chi connectivity index (χ1n) is 42.5. The third kappa shape index (κ3) is 10.3. The SMILES string of the molecule is c1ccc(-c2cccc(-c3cc(-c4ccc5c(c4)-c4ccccc4-c4ccccc4C54c5ccccc5-c5ccccc54)nc(-c4ccc5c(c4)oc4cc(-c6ccccc6-c6cccc(-c7cc(-c8ccc9c(c8)-c8ccccc8-c8ccccc8C98c9ccccc9-c9ccccc98)nc(-c8cccc9c8oc8ccccc89)n7)c6)ccc45)n3)c2)cc1. The summed E-state index contributed by atoms with van der Waals surface area (Å²) in [5.41, 5.74) is 41.7. The van der Waals surface area contributed by atoms with Gasteiger partial charge in [-0.1, -0.05) is 352 Å². The number of aromatic nitrogens is 4. The molecule has 0 fully saturated rings. The molecule has 0 saturated carbocycles. The Morgan fingerprint density at radius 2 is 0.460 bits per heavy atom. The van der Waals surface area contributed by atoms with Gasteiger partial charge in [0.25, 0.3) is 0 Å². The van der Waals surface area contributed by atoms with Gasteiger partial charge in [-0.15, -0.1) is 0 Å². The minimum absolute atomic E-state index is 0.568. The molecule has 22 aromatic rings. The molecule has 0 radical (unpaired) electrons. The summed E-state index contributed by atoms with van der Waals surface area (Å²) < 4.78 is 13.9. The fraction of sp³-hybridized carbons (Fsp3) is 0.0169. The van der Waals surface area contributed by atoms with Crippen LogP contribution in [0.4, 0.5) is 0 Å². The molecule has 0 unspecified atom stereocenters. The molecule has 124 heavy (non-hydrogen) atoms. The summed E-state index contributed by atoms with van der Waals surface area (Å²) in [7, 11) is 0. The number of fused-ring (bicyclic) bond motifs is 30. The van der Waals surface area contributed by atoms with Crippen LogP contribution < -0.4 is 0 Å². The summed E-state index contributed by atoms with van der Waals surface area (Å²) in [5.74, 6) is 1.16. The van der Waals surface area contributed by atoms with Crippen LogP contribution in [0, 0.1) is 0 Å². The summed E-state index contributed by atoms with van der Waals surface area (Å²) in [4.78, 5) is 22.4. The minimum atomic E-state index is -0.623. The van der Waals surface area contributed by atoms with E-state index < -0.39 is 10.8 Å². The van der Waals surface area contributed by atoms with Crippen LogP contribution in [0.15, 0.2) is 433 Å². The number of nitrogens with zero attached hydrogens (tertiary/aromatic N) is 4. The maximum Gasteiger partial charge on any atom is 0.164 e. The van der Waals surface area contributed by atoms with Gasteiger partial charge in [0.05, 0.1) is 39.2 Å². The van der Waals surface area contributed by atoms with Crippen LogP contribution in [-0.2, 0) is 10.8 Å². The van der Waals surface area contributed by atoms with Crippen LogP contribution in [0.2, 0.25) is 0 Å². The first-order chi connectivity index (χ1) is 61.4. The molecule has 0 N–H and O–H groups in total. The lowest BCUT2D eigenvalue weighted by molar-refractivity contribution is 0.669. The molecule has 0 aliphatic heterocycles. The average molecular weight is 1580 g/mol. The maximum atomic E-state index is 7.11. The Morgan fingerprint density at radius 3 is 0.952 bits per heavy atom. The molecule has 0 saturated heterocycles.